The Morgan fingerprint density at radius 3 is 2.44 bits per heavy atom. The van der Waals surface area contributed by atoms with E-state index in [0.29, 0.717) is 12.3 Å². The van der Waals surface area contributed by atoms with Gasteiger partial charge >= 0.3 is 0 Å². The van der Waals surface area contributed by atoms with E-state index in [1.54, 1.807) is 18.7 Å². The van der Waals surface area contributed by atoms with E-state index in [0.717, 1.165) is 22.1 Å². The molecular formula is C22H28ClNO2S. The first-order chi connectivity index (χ1) is 12.8. The van der Waals surface area contributed by atoms with Gasteiger partial charge in [0.1, 0.15) is 5.75 Å². The molecule has 0 radical (unpaired) electrons. The molecule has 3 nitrogen and oxygen atoms in total. The molecule has 0 aliphatic carbocycles. The van der Waals surface area contributed by atoms with Crippen LogP contribution in [0, 0.1) is 0 Å². The van der Waals surface area contributed by atoms with E-state index in [2.05, 4.69) is 26.1 Å². The Bertz CT molecular complexity index is 741. The highest BCUT2D eigenvalue weighted by Gasteiger charge is 2.16. The first-order valence-corrected chi connectivity index (χ1v) is 10.7. The summed E-state index contributed by atoms with van der Waals surface area (Å²) in [5.74, 6) is 2.26. The van der Waals surface area contributed by atoms with E-state index in [-0.39, 0.29) is 11.3 Å². The topological polar surface area (TPSA) is 38.3 Å². The maximum Gasteiger partial charge on any atom is 0.260 e. The summed E-state index contributed by atoms with van der Waals surface area (Å²) in [4.78, 5) is 12.2. The Kier molecular flexibility index (Phi) is 8.06. The molecule has 2 aromatic carbocycles. The van der Waals surface area contributed by atoms with Crippen molar-refractivity contribution >= 4 is 29.3 Å². The van der Waals surface area contributed by atoms with Crippen molar-refractivity contribution in [2.24, 2.45) is 0 Å². The number of benzene rings is 2. The van der Waals surface area contributed by atoms with Crippen molar-refractivity contribution in [3.05, 3.63) is 64.7 Å². The van der Waals surface area contributed by atoms with Crippen molar-refractivity contribution in [3.63, 3.8) is 0 Å². The normalized spacial score (nSPS) is 12.5. The van der Waals surface area contributed by atoms with Crippen molar-refractivity contribution in [2.75, 3.05) is 12.3 Å². The number of carbonyl (C=O) groups excluding carboxylic acids is 1. The molecule has 1 amide bonds. The zero-order valence-electron chi connectivity index (χ0n) is 16.4. The van der Waals surface area contributed by atoms with Crippen molar-refractivity contribution in [1.82, 2.24) is 5.32 Å². The molecule has 0 fully saturated rings. The van der Waals surface area contributed by atoms with Crippen LogP contribution in [0.2, 0.25) is 5.02 Å². The number of halogens is 1. The first kappa shape index (κ1) is 21.6. The fourth-order valence-electron chi connectivity index (χ4n) is 2.48. The van der Waals surface area contributed by atoms with Crippen LogP contribution in [-0.4, -0.2) is 24.3 Å². The summed E-state index contributed by atoms with van der Waals surface area (Å²) < 4.78 is 5.75. The number of ether oxygens (including phenoxy) is 1. The van der Waals surface area contributed by atoms with E-state index in [9.17, 15) is 4.79 Å². The van der Waals surface area contributed by atoms with E-state index in [1.807, 2.05) is 48.5 Å². The molecule has 0 saturated heterocycles. The third-order valence-electron chi connectivity index (χ3n) is 4.16. The number of rotatable bonds is 8. The maximum absolute atomic E-state index is 12.2. The van der Waals surface area contributed by atoms with Crippen LogP contribution in [0.3, 0.4) is 0 Å². The second-order valence-electron chi connectivity index (χ2n) is 7.47. The van der Waals surface area contributed by atoms with Crippen LogP contribution in [0.25, 0.3) is 0 Å². The molecule has 146 valence electrons. The molecule has 0 bridgehead atoms. The molecule has 2 rings (SSSR count). The maximum atomic E-state index is 12.2. The lowest BCUT2D eigenvalue weighted by molar-refractivity contribution is -0.127. The summed E-state index contributed by atoms with van der Waals surface area (Å²) >= 11 is 7.88. The summed E-state index contributed by atoms with van der Waals surface area (Å²) in [6.45, 7) is 8.88. The van der Waals surface area contributed by atoms with Crippen molar-refractivity contribution in [1.29, 1.82) is 0 Å². The van der Waals surface area contributed by atoms with Gasteiger partial charge in [-0.3, -0.25) is 4.79 Å². The lowest BCUT2D eigenvalue weighted by Gasteiger charge is -2.20. The van der Waals surface area contributed by atoms with Crippen LogP contribution >= 0.6 is 23.4 Å². The van der Waals surface area contributed by atoms with Gasteiger partial charge in [0.05, 0.1) is 0 Å². The highest BCUT2D eigenvalue weighted by atomic mass is 35.5. The van der Waals surface area contributed by atoms with Crippen LogP contribution in [0.4, 0.5) is 0 Å². The smallest absolute Gasteiger partial charge is 0.260 e. The monoisotopic (exact) mass is 405 g/mol. The van der Waals surface area contributed by atoms with Gasteiger partial charge in [-0.05, 0) is 41.7 Å². The van der Waals surface area contributed by atoms with Crippen molar-refractivity contribution in [2.45, 2.75) is 45.0 Å². The molecular weight excluding hydrogens is 378 g/mol. The van der Waals surface area contributed by atoms with Gasteiger partial charge in [-0.15, -0.1) is 0 Å². The van der Waals surface area contributed by atoms with Gasteiger partial charge in [-0.1, -0.05) is 62.7 Å². The number of hydrogen-bond donors (Lipinski definition) is 1. The fourth-order valence-corrected chi connectivity index (χ4v) is 3.62. The van der Waals surface area contributed by atoms with Gasteiger partial charge in [0.25, 0.3) is 5.91 Å². The van der Waals surface area contributed by atoms with Gasteiger partial charge in [-0.2, -0.15) is 11.8 Å². The van der Waals surface area contributed by atoms with E-state index < -0.39 is 6.10 Å². The highest BCUT2D eigenvalue weighted by Crippen LogP contribution is 2.24. The average Bonchev–Trinajstić information content (AvgIpc) is 2.62. The van der Waals surface area contributed by atoms with E-state index >= 15 is 0 Å². The summed E-state index contributed by atoms with van der Waals surface area (Å²) in [5, 5.41) is 3.71. The predicted octanol–water partition coefficient (Wildman–Crippen LogP) is 5.45. The largest absolute Gasteiger partial charge is 0.481 e. The number of thioether (sulfide) groups is 1. The summed E-state index contributed by atoms with van der Waals surface area (Å²) in [6, 6.07) is 15.8. The fraction of sp³-hybridized carbons (Fsp3) is 0.409. The molecule has 1 atom stereocenters. The van der Waals surface area contributed by atoms with Gasteiger partial charge in [0.15, 0.2) is 6.10 Å². The second-order valence-corrected chi connectivity index (χ2v) is 8.98. The lowest BCUT2D eigenvalue weighted by Crippen LogP contribution is -2.37. The molecule has 0 aliphatic heterocycles. The van der Waals surface area contributed by atoms with Gasteiger partial charge in [0, 0.05) is 23.1 Å². The molecule has 27 heavy (non-hydrogen) atoms. The third-order valence-corrected chi connectivity index (χ3v) is 5.54. The van der Waals surface area contributed by atoms with Gasteiger partial charge in [0.2, 0.25) is 0 Å². The summed E-state index contributed by atoms with van der Waals surface area (Å²) in [7, 11) is 0. The van der Waals surface area contributed by atoms with Crippen LogP contribution in [0.1, 0.15) is 38.8 Å². The van der Waals surface area contributed by atoms with Crippen molar-refractivity contribution in [3.8, 4) is 5.75 Å². The SMILES string of the molecule is C[C@H](Oc1ccc(C(C)(C)C)cc1)C(=O)NCCSCc1ccccc1Cl. The molecule has 0 aromatic heterocycles. The van der Waals surface area contributed by atoms with E-state index in [4.69, 9.17) is 16.3 Å². The molecule has 0 spiro atoms. The standard InChI is InChI=1S/C22H28ClNO2S/c1-16(26-19-11-9-18(10-12-19)22(2,3)4)21(25)24-13-14-27-15-17-7-5-6-8-20(17)23/h5-12,16H,13-15H2,1-4H3,(H,24,25)/t16-/m0/s1. The molecule has 0 saturated carbocycles. The number of carbonyl (C=O) groups is 1. The third kappa shape index (κ3) is 7.11. The van der Waals surface area contributed by atoms with Crippen LogP contribution in [-0.2, 0) is 16.0 Å². The van der Waals surface area contributed by atoms with Gasteiger partial charge in [-0.25, -0.2) is 0 Å². The second kappa shape index (κ2) is 10.0. The predicted molar refractivity (Wildman–Crippen MR) is 116 cm³/mol. The van der Waals surface area contributed by atoms with Gasteiger partial charge < -0.3 is 10.1 Å². The minimum absolute atomic E-state index is 0.100. The molecule has 1 N–H and O–H groups in total. The molecule has 0 aliphatic rings. The number of amides is 1. The highest BCUT2D eigenvalue weighted by molar-refractivity contribution is 7.98. The lowest BCUT2D eigenvalue weighted by atomic mass is 9.87. The zero-order chi connectivity index (χ0) is 19.9. The van der Waals surface area contributed by atoms with Crippen LogP contribution < -0.4 is 10.1 Å². The molecule has 2 aromatic rings. The minimum atomic E-state index is -0.529. The van der Waals surface area contributed by atoms with Crippen LogP contribution in [0.15, 0.2) is 48.5 Å². The van der Waals surface area contributed by atoms with Crippen molar-refractivity contribution < 1.29 is 9.53 Å². The molecule has 0 heterocycles. The Hall–Kier alpha value is -1.65. The summed E-state index contributed by atoms with van der Waals surface area (Å²) in [6.07, 6.45) is -0.529. The Morgan fingerprint density at radius 2 is 1.81 bits per heavy atom. The molecule has 5 heteroatoms. The minimum Gasteiger partial charge on any atom is -0.481 e. The average molecular weight is 406 g/mol. The Balaban J connectivity index is 1.70. The van der Waals surface area contributed by atoms with E-state index in [1.165, 1.54) is 5.56 Å². The number of hydrogen-bond acceptors (Lipinski definition) is 3. The Morgan fingerprint density at radius 1 is 1.15 bits per heavy atom. The first-order valence-electron chi connectivity index (χ1n) is 9.13. The Labute approximate surface area is 171 Å². The molecule has 0 unspecified atom stereocenters. The zero-order valence-corrected chi connectivity index (χ0v) is 18.0. The number of nitrogens with one attached hydrogen (secondary N) is 1. The summed E-state index contributed by atoms with van der Waals surface area (Å²) in [5.41, 5.74) is 2.46. The van der Waals surface area contributed by atoms with Crippen LogP contribution in [0.5, 0.6) is 5.75 Å². The quantitative estimate of drug-likeness (QED) is 0.593.